The second-order valence-corrected chi connectivity index (χ2v) is 9.04. The minimum absolute atomic E-state index is 0.0709. The van der Waals surface area contributed by atoms with Gasteiger partial charge in [0.25, 0.3) is 5.91 Å². The number of hydrogen-bond acceptors (Lipinski definition) is 3. The van der Waals surface area contributed by atoms with Crippen LogP contribution in [0.3, 0.4) is 0 Å². The van der Waals surface area contributed by atoms with Crippen LogP contribution < -0.4 is 10.2 Å². The van der Waals surface area contributed by atoms with Gasteiger partial charge in [-0.2, -0.15) is 0 Å². The number of hydrogen-bond donors (Lipinski definition) is 1. The van der Waals surface area contributed by atoms with Crippen LogP contribution >= 0.6 is 11.8 Å². The van der Waals surface area contributed by atoms with Gasteiger partial charge in [0.05, 0.1) is 5.75 Å². The van der Waals surface area contributed by atoms with Crippen LogP contribution in [-0.2, 0) is 4.79 Å². The van der Waals surface area contributed by atoms with Gasteiger partial charge in [0, 0.05) is 16.9 Å². The summed E-state index contributed by atoms with van der Waals surface area (Å²) in [6.45, 7) is 1.69. The predicted molar refractivity (Wildman–Crippen MR) is 132 cm³/mol. The summed E-state index contributed by atoms with van der Waals surface area (Å²) >= 11 is 1.48. The summed E-state index contributed by atoms with van der Waals surface area (Å²) in [6.07, 6.45) is 0. The van der Waals surface area contributed by atoms with Crippen LogP contribution in [0, 0.1) is 12.7 Å². The molecule has 0 saturated carbocycles. The fourth-order valence-electron chi connectivity index (χ4n) is 4.07. The molecule has 1 aliphatic heterocycles. The number of thioether (sulfide) groups is 1. The molecule has 0 aliphatic carbocycles. The van der Waals surface area contributed by atoms with Crippen molar-refractivity contribution in [3.8, 4) is 0 Å². The minimum atomic E-state index is -0.341. The maximum atomic E-state index is 14.2. The first-order chi connectivity index (χ1) is 16.0. The van der Waals surface area contributed by atoms with Gasteiger partial charge in [-0.05, 0) is 59.2 Å². The van der Waals surface area contributed by atoms with E-state index in [0.29, 0.717) is 28.3 Å². The molecule has 4 nitrogen and oxygen atoms in total. The second kappa shape index (κ2) is 8.71. The predicted octanol–water partition coefficient (Wildman–Crippen LogP) is 6.32. The van der Waals surface area contributed by atoms with Crippen LogP contribution in [0.1, 0.15) is 26.9 Å². The van der Waals surface area contributed by atoms with Gasteiger partial charge in [0.15, 0.2) is 0 Å². The first-order valence-electron chi connectivity index (χ1n) is 10.6. The van der Waals surface area contributed by atoms with Gasteiger partial charge in [0.2, 0.25) is 5.91 Å². The van der Waals surface area contributed by atoms with Gasteiger partial charge < -0.3 is 5.32 Å². The lowest BCUT2D eigenvalue weighted by atomic mass is 10.0. The molecule has 1 aliphatic rings. The van der Waals surface area contributed by atoms with E-state index in [1.54, 1.807) is 30.0 Å². The summed E-state index contributed by atoms with van der Waals surface area (Å²) in [6, 6.07) is 25.7. The van der Waals surface area contributed by atoms with E-state index in [9.17, 15) is 14.0 Å². The van der Waals surface area contributed by atoms with Crippen molar-refractivity contribution in [3.63, 3.8) is 0 Å². The summed E-state index contributed by atoms with van der Waals surface area (Å²) in [4.78, 5) is 27.3. The molecular weight excluding hydrogens is 435 g/mol. The van der Waals surface area contributed by atoms with E-state index in [1.165, 1.54) is 17.8 Å². The Morgan fingerprint density at radius 1 is 1.00 bits per heavy atom. The Kier molecular flexibility index (Phi) is 5.60. The van der Waals surface area contributed by atoms with Crippen molar-refractivity contribution in [1.29, 1.82) is 0 Å². The highest BCUT2D eigenvalue weighted by molar-refractivity contribution is 8.00. The summed E-state index contributed by atoms with van der Waals surface area (Å²) < 4.78 is 14.2. The van der Waals surface area contributed by atoms with Gasteiger partial charge in [0.1, 0.15) is 11.2 Å². The summed E-state index contributed by atoms with van der Waals surface area (Å²) in [5, 5.41) is 4.58. The maximum absolute atomic E-state index is 14.2. The Hall–Kier alpha value is -3.64. The van der Waals surface area contributed by atoms with E-state index in [1.807, 2.05) is 60.7 Å². The molecule has 0 aromatic heterocycles. The lowest BCUT2D eigenvalue weighted by Gasteiger charge is -2.25. The standard InChI is InChI=1S/C27H21FN2O2S/c1-17-12-13-21(15-24(17)28)30-25(31)16-33-27(30)19-8-4-9-20(14-19)29-26(32)23-11-5-7-18-6-2-3-10-22(18)23/h2-15,27H,16H2,1H3,(H,29,32)/t27-/m1/s1. The highest BCUT2D eigenvalue weighted by atomic mass is 32.2. The topological polar surface area (TPSA) is 49.4 Å². The van der Waals surface area contributed by atoms with Gasteiger partial charge in [-0.3, -0.25) is 14.5 Å². The molecule has 164 valence electrons. The van der Waals surface area contributed by atoms with E-state index in [4.69, 9.17) is 0 Å². The van der Waals surface area contributed by atoms with Crippen LogP contribution in [0.15, 0.2) is 84.9 Å². The van der Waals surface area contributed by atoms with Crippen molar-refractivity contribution in [3.05, 3.63) is 107 Å². The van der Waals surface area contributed by atoms with Crippen molar-refractivity contribution < 1.29 is 14.0 Å². The Labute approximate surface area is 195 Å². The molecule has 1 fully saturated rings. The molecule has 0 radical (unpaired) electrons. The van der Waals surface area contributed by atoms with Crippen LogP contribution in [0.25, 0.3) is 10.8 Å². The number of fused-ring (bicyclic) bond motifs is 1. The molecule has 33 heavy (non-hydrogen) atoms. The molecule has 1 N–H and O–H groups in total. The first kappa shape index (κ1) is 21.2. The first-order valence-corrected chi connectivity index (χ1v) is 11.6. The highest BCUT2D eigenvalue weighted by Crippen LogP contribution is 2.42. The Bertz CT molecular complexity index is 1380. The maximum Gasteiger partial charge on any atom is 0.256 e. The molecular formula is C27H21FN2O2S. The molecule has 0 spiro atoms. The normalized spacial score (nSPS) is 15.8. The fourth-order valence-corrected chi connectivity index (χ4v) is 5.24. The molecule has 1 saturated heterocycles. The van der Waals surface area contributed by atoms with Crippen molar-refractivity contribution in [2.75, 3.05) is 16.0 Å². The number of nitrogens with zero attached hydrogens (tertiary/aromatic N) is 1. The van der Waals surface area contributed by atoms with Crippen molar-refractivity contribution in [2.45, 2.75) is 12.3 Å². The average Bonchev–Trinajstić information content (AvgIpc) is 3.22. The van der Waals surface area contributed by atoms with Crippen LogP contribution in [0.4, 0.5) is 15.8 Å². The van der Waals surface area contributed by atoms with Crippen LogP contribution in [-0.4, -0.2) is 17.6 Å². The molecule has 0 bridgehead atoms. The second-order valence-electron chi connectivity index (χ2n) is 7.97. The molecule has 1 heterocycles. The average molecular weight is 457 g/mol. The number of amides is 2. The molecule has 5 rings (SSSR count). The zero-order valence-electron chi connectivity index (χ0n) is 17.9. The Balaban J connectivity index is 1.43. The zero-order valence-corrected chi connectivity index (χ0v) is 18.7. The zero-order chi connectivity index (χ0) is 22.9. The summed E-state index contributed by atoms with van der Waals surface area (Å²) in [7, 11) is 0. The number of halogens is 1. The lowest BCUT2D eigenvalue weighted by molar-refractivity contribution is -0.115. The lowest BCUT2D eigenvalue weighted by Crippen LogP contribution is -2.28. The number of aryl methyl sites for hydroxylation is 1. The number of carbonyl (C=O) groups excluding carboxylic acids is 2. The van der Waals surface area contributed by atoms with E-state index < -0.39 is 0 Å². The number of carbonyl (C=O) groups is 2. The SMILES string of the molecule is Cc1ccc(N2C(=O)CS[C@@H]2c2cccc(NC(=O)c3cccc4ccccc34)c2)cc1F. The van der Waals surface area contributed by atoms with Crippen LogP contribution in [0.5, 0.6) is 0 Å². The molecule has 2 amide bonds. The van der Waals surface area contributed by atoms with Crippen LogP contribution in [0.2, 0.25) is 0 Å². The van der Waals surface area contributed by atoms with E-state index in [2.05, 4.69) is 5.32 Å². The third kappa shape index (κ3) is 4.10. The van der Waals surface area contributed by atoms with Gasteiger partial charge in [-0.1, -0.05) is 54.6 Å². The van der Waals surface area contributed by atoms with E-state index >= 15 is 0 Å². The quantitative estimate of drug-likeness (QED) is 0.391. The number of nitrogens with one attached hydrogen (secondary N) is 1. The summed E-state index contributed by atoms with van der Waals surface area (Å²) in [5.74, 6) is -0.297. The molecule has 1 atom stereocenters. The monoisotopic (exact) mass is 456 g/mol. The summed E-state index contributed by atoms with van der Waals surface area (Å²) in [5.41, 5.74) is 3.17. The third-order valence-electron chi connectivity index (χ3n) is 5.77. The molecule has 4 aromatic rings. The largest absolute Gasteiger partial charge is 0.322 e. The Morgan fingerprint density at radius 2 is 1.79 bits per heavy atom. The van der Waals surface area contributed by atoms with Gasteiger partial charge >= 0.3 is 0 Å². The van der Waals surface area contributed by atoms with E-state index in [0.717, 1.165) is 16.3 Å². The van der Waals surface area contributed by atoms with Crippen molar-refractivity contribution >= 4 is 45.7 Å². The molecule has 0 unspecified atom stereocenters. The third-order valence-corrected chi connectivity index (χ3v) is 6.98. The van der Waals surface area contributed by atoms with Crippen molar-refractivity contribution in [1.82, 2.24) is 0 Å². The smallest absolute Gasteiger partial charge is 0.256 e. The molecule has 6 heteroatoms. The van der Waals surface area contributed by atoms with Gasteiger partial charge in [-0.15, -0.1) is 11.8 Å². The number of anilines is 2. The number of rotatable bonds is 4. The Morgan fingerprint density at radius 3 is 2.64 bits per heavy atom. The minimum Gasteiger partial charge on any atom is -0.322 e. The van der Waals surface area contributed by atoms with Gasteiger partial charge in [-0.25, -0.2) is 4.39 Å². The number of benzene rings is 4. The van der Waals surface area contributed by atoms with E-state index in [-0.39, 0.29) is 23.0 Å². The fraction of sp³-hybridized carbons (Fsp3) is 0.111. The van der Waals surface area contributed by atoms with Crippen molar-refractivity contribution in [2.24, 2.45) is 0 Å². The molecule has 4 aromatic carbocycles. The highest BCUT2D eigenvalue weighted by Gasteiger charge is 2.34.